The fourth-order valence-electron chi connectivity index (χ4n) is 4.98. The molecule has 6 heteroatoms. The Balaban J connectivity index is 1.22. The van der Waals surface area contributed by atoms with E-state index in [1.807, 2.05) is 0 Å². The van der Waals surface area contributed by atoms with Gasteiger partial charge < -0.3 is 10.6 Å². The normalized spacial score (nSPS) is 19.9. The zero-order valence-electron chi connectivity index (χ0n) is 19.1. The van der Waals surface area contributed by atoms with Gasteiger partial charge in [-0.25, -0.2) is 0 Å². The quantitative estimate of drug-likeness (QED) is 0.253. The highest BCUT2D eigenvalue weighted by atomic mass is 79.9. The summed E-state index contributed by atoms with van der Waals surface area (Å²) in [6, 6.07) is 10.1. The van der Waals surface area contributed by atoms with Crippen LogP contribution in [0.15, 0.2) is 49.1 Å². The van der Waals surface area contributed by atoms with Crippen molar-refractivity contribution >= 4 is 43.2 Å². The fraction of sp³-hybridized carbons (Fsp3) is 0.615. The highest BCUT2D eigenvalue weighted by Gasteiger charge is 2.21. The van der Waals surface area contributed by atoms with Crippen LogP contribution in [0.25, 0.3) is 0 Å². The van der Waals surface area contributed by atoms with Crippen LogP contribution in [0, 0.1) is 0 Å². The first-order valence-electron chi connectivity index (χ1n) is 12.5. The number of aromatic nitrogens is 2. The molecule has 4 nitrogen and oxygen atoms in total. The van der Waals surface area contributed by atoms with E-state index in [4.69, 9.17) is 0 Å². The molecule has 2 aromatic heterocycles. The SMILES string of the molecule is BrC(CCC(Br)[n+]1ccc(NC2CCCCC2)cc1)[n+]1ccc(NC2CCCCC2)cc1. The van der Waals surface area contributed by atoms with Gasteiger partial charge >= 0.3 is 0 Å². The molecule has 2 atom stereocenters. The van der Waals surface area contributed by atoms with E-state index in [9.17, 15) is 0 Å². The summed E-state index contributed by atoms with van der Waals surface area (Å²) in [6.45, 7) is 0. The molecule has 2 unspecified atom stereocenters. The van der Waals surface area contributed by atoms with Gasteiger partial charge in [-0.15, -0.1) is 0 Å². The monoisotopic (exact) mass is 564 g/mol. The molecule has 2 aliphatic carbocycles. The summed E-state index contributed by atoms with van der Waals surface area (Å²) in [5.41, 5.74) is 2.48. The molecule has 2 aliphatic rings. The standard InChI is InChI=1S/C26H36Br2N4/c27-25(31-17-13-23(14-18-31)29-21-7-3-1-4-8-21)11-12-26(28)32-19-15-24(16-20-32)30-22-9-5-2-6-10-22/h13-22,25-26H,1-12H2/p+2. The van der Waals surface area contributed by atoms with Crippen molar-refractivity contribution in [2.45, 2.75) is 99.0 Å². The molecule has 2 heterocycles. The lowest BCUT2D eigenvalue weighted by Crippen LogP contribution is -2.38. The Kier molecular flexibility index (Phi) is 9.27. The largest absolute Gasteiger partial charge is 0.382 e. The van der Waals surface area contributed by atoms with E-state index in [2.05, 4.69) is 101 Å². The van der Waals surface area contributed by atoms with Gasteiger partial charge in [-0.2, -0.15) is 9.13 Å². The van der Waals surface area contributed by atoms with Gasteiger partial charge in [0.1, 0.15) is 0 Å². The molecule has 174 valence electrons. The second kappa shape index (κ2) is 12.4. The Morgan fingerprint density at radius 2 is 0.969 bits per heavy atom. The van der Waals surface area contributed by atoms with Gasteiger partial charge in [0.25, 0.3) is 0 Å². The molecule has 0 radical (unpaired) electrons. The second-order valence-corrected chi connectivity index (χ2v) is 11.6. The molecular weight excluding hydrogens is 528 g/mol. The zero-order chi connectivity index (χ0) is 22.2. The Hall–Kier alpha value is -1.14. The summed E-state index contributed by atoms with van der Waals surface area (Å²) >= 11 is 7.76. The van der Waals surface area contributed by atoms with Crippen molar-refractivity contribution in [3.05, 3.63) is 49.1 Å². The number of pyridine rings is 2. The molecule has 2 saturated carbocycles. The van der Waals surface area contributed by atoms with E-state index in [0.717, 1.165) is 12.8 Å². The number of halogens is 2. The molecule has 0 amide bonds. The average Bonchev–Trinajstić information content (AvgIpc) is 2.84. The maximum absolute atomic E-state index is 3.88. The smallest absolute Gasteiger partial charge is 0.212 e. The second-order valence-electron chi connectivity index (χ2n) is 9.47. The van der Waals surface area contributed by atoms with Crippen LogP contribution >= 0.6 is 31.9 Å². The Labute approximate surface area is 210 Å². The van der Waals surface area contributed by atoms with Gasteiger partial charge in [-0.05, 0) is 57.5 Å². The molecule has 0 saturated heterocycles. The van der Waals surface area contributed by atoms with Crippen molar-refractivity contribution < 1.29 is 9.13 Å². The van der Waals surface area contributed by atoms with Crippen LogP contribution in [0.2, 0.25) is 0 Å². The molecule has 2 fully saturated rings. The minimum absolute atomic E-state index is 0.291. The van der Waals surface area contributed by atoms with Gasteiger partial charge in [0.2, 0.25) is 9.90 Å². The number of rotatable bonds is 9. The number of anilines is 2. The van der Waals surface area contributed by atoms with Gasteiger partial charge in [0, 0.05) is 60.6 Å². The number of alkyl halides is 2. The van der Waals surface area contributed by atoms with E-state index < -0.39 is 0 Å². The summed E-state index contributed by atoms with van der Waals surface area (Å²) < 4.78 is 4.52. The van der Waals surface area contributed by atoms with Crippen molar-refractivity contribution in [1.29, 1.82) is 0 Å². The van der Waals surface area contributed by atoms with Crippen LogP contribution in [-0.4, -0.2) is 12.1 Å². The van der Waals surface area contributed by atoms with Gasteiger partial charge in [-0.1, -0.05) is 38.5 Å². The van der Waals surface area contributed by atoms with Crippen LogP contribution in [0.1, 0.15) is 87.0 Å². The van der Waals surface area contributed by atoms with Crippen LogP contribution in [0.5, 0.6) is 0 Å². The number of nitrogens with one attached hydrogen (secondary N) is 2. The van der Waals surface area contributed by atoms with Crippen LogP contribution in [-0.2, 0) is 0 Å². The maximum atomic E-state index is 3.88. The van der Waals surface area contributed by atoms with E-state index in [1.165, 1.54) is 75.6 Å². The molecule has 0 aromatic carbocycles. The molecule has 2 N–H and O–H groups in total. The fourth-order valence-corrected chi connectivity index (χ4v) is 6.06. The van der Waals surface area contributed by atoms with Crippen molar-refractivity contribution in [1.82, 2.24) is 0 Å². The third kappa shape index (κ3) is 7.18. The number of hydrogen-bond acceptors (Lipinski definition) is 2. The zero-order valence-corrected chi connectivity index (χ0v) is 22.2. The maximum Gasteiger partial charge on any atom is 0.212 e. The highest BCUT2D eigenvalue weighted by molar-refractivity contribution is 9.09. The lowest BCUT2D eigenvalue weighted by molar-refractivity contribution is -0.709. The topological polar surface area (TPSA) is 31.8 Å². The molecule has 0 spiro atoms. The van der Waals surface area contributed by atoms with Gasteiger partial charge in [0.15, 0.2) is 24.8 Å². The minimum Gasteiger partial charge on any atom is -0.382 e. The van der Waals surface area contributed by atoms with Crippen LogP contribution < -0.4 is 19.8 Å². The lowest BCUT2D eigenvalue weighted by Gasteiger charge is -2.23. The highest BCUT2D eigenvalue weighted by Crippen LogP contribution is 2.25. The van der Waals surface area contributed by atoms with E-state index in [-0.39, 0.29) is 0 Å². The first-order chi connectivity index (χ1) is 15.7. The average molecular weight is 566 g/mol. The third-order valence-electron chi connectivity index (χ3n) is 6.95. The first kappa shape index (κ1) is 24.0. The predicted octanol–water partition coefficient (Wildman–Crippen LogP) is 7.02. The van der Waals surface area contributed by atoms with Crippen molar-refractivity contribution in [3.8, 4) is 0 Å². The Morgan fingerprint density at radius 1 is 0.625 bits per heavy atom. The Morgan fingerprint density at radius 3 is 1.31 bits per heavy atom. The predicted molar refractivity (Wildman–Crippen MR) is 139 cm³/mol. The van der Waals surface area contributed by atoms with Gasteiger partial charge in [0.05, 0.1) is 0 Å². The third-order valence-corrected chi connectivity index (χ3v) is 8.81. The van der Waals surface area contributed by atoms with E-state index >= 15 is 0 Å². The minimum atomic E-state index is 0.291. The molecule has 4 rings (SSSR count). The molecule has 0 bridgehead atoms. The first-order valence-corrected chi connectivity index (χ1v) is 14.3. The lowest BCUT2D eigenvalue weighted by atomic mass is 9.95. The molecular formula is C26H38Br2N4+2. The molecule has 2 aromatic rings. The summed E-state index contributed by atoms with van der Waals surface area (Å²) in [4.78, 5) is 0.582. The van der Waals surface area contributed by atoms with Crippen LogP contribution in [0.3, 0.4) is 0 Å². The van der Waals surface area contributed by atoms with Gasteiger partial charge in [-0.3, -0.25) is 0 Å². The molecule has 0 aliphatic heterocycles. The Bertz CT molecular complexity index is 730. The van der Waals surface area contributed by atoms with Crippen LogP contribution in [0.4, 0.5) is 11.4 Å². The van der Waals surface area contributed by atoms with E-state index in [0.29, 0.717) is 22.0 Å². The van der Waals surface area contributed by atoms with Crippen molar-refractivity contribution in [2.24, 2.45) is 0 Å². The number of nitrogens with zero attached hydrogens (tertiary/aromatic N) is 2. The summed E-state index contributed by atoms with van der Waals surface area (Å²) in [7, 11) is 0. The summed E-state index contributed by atoms with van der Waals surface area (Å²) in [5, 5.41) is 7.41. The van der Waals surface area contributed by atoms with Crippen molar-refractivity contribution in [2.75, 3.05) is 10.6 Å². The van der Waals surface area contributed by atoms with E-state index in [1.54, 1.807) is 0 Å². The summed E-state index contributed by atoms with van der Waals surface area (Å²) in [6.07, 6.45) is 24.3. The molecule has 32 heavy (non-hydrogen) atoms. The number of hydrogen-bond donors (Lipinski definition) is 2. The summed E-state index contributed by atoms with van der Waals surface area (Å²) in [5.74, 6) is 0. The van der Waals surface area contributed by atoms with Crippen molar-refractivity contribution in [3.63, 3.8) is 0 Å².